The van der Waals surface area contributed by atoms with E-state index < -0.39 is 11.5 Å². The maximum atomic E-state index is 11.4. The molecule has 0 radical (unpaired) electrons. The lowest BCUT2D eigenvalue weighted by molar-refractivity contribution is -0.149. The fourth-order valence-corrected chi connectivity index (χ4v) is 2.35. The van der Waals surface area contributed by atoms with Gasteiger partial charge in [-0.2, -0.15) is 0 Å². The molecule has 106 valence electrons. The largest absolute Gasteiger partial charge is 0.480 e. The van der Waals surface area contributed by atoms with Crippen molar-refractivity contribution in [3.05, 3.63) is 42.2 Å². The van der Waals surface area contributed by atoms with Crippen LogP contribution in [0, 0.1) is 0 Å². The summed E-state index contributed by atoms with van der Waals surface area (Å²) in [6.07, 6.45) is 3.65. The number of fused-ring (bicyclic) bond motifs is 1. The van der Waals surface area contributed by atoms with E-state index in [0.717, 1.165) is 16.3 Å². The van der Waals surface area contributed by atoms with Gasteiger partial charge in [-0.25, -0.2) is 0 Å². The maximum absolute atomic E-state index is 11.4. The van der Waals surface area contributed by atoms with Crippen molar-refractivity contribution in [1.82, 2.24) is 9.88 Å². The third kappa shape index (κ3) is 2.65. The highest BCUT2D eigenvalue weighted by Gasteiger charge is 2.33. The topological polar surface area (TPSA) is 53.4 Å². The predicted molar refractivity (Wildman–Crippen MR) is 79.5 cm³/mol. The first kappa shape index (κ1) is 14.5. The first-order valence-electron chi connectivity index (χ1n) is 6.77. The van der Waals surface area contributed by atoms with Crippen molar-refractivity contribution in [2.24, 2.45) is 0 Å². The summed E-state index contributed by atoms with van der Waals surface area (Å²) in [4.78, 5) is 17.6. The number of likely N-dealkylation sites (N-methyl/N-ethyl adjacent to an activating group) is 1. The molecule has 1 aromatic heterocycles. The van der Waals surface area contributed by atoms with Gasteiger partial charge in [-0.3, -0.25) is 14.7 Å². The summed E-state index contributed by atoms with van der Waals surface area (Å²) in [5.74, 6) is -0.812. The van der Waals surface area contributed by atoms with Gasteiger partial charge in [-0.1, -0.05) is 31.2 Å². The molecule has 0 saturated carbocycles. The van der Waals surface area contributed by atoms with Gasteiger partial charge in [0, 0.05) is 24.3 Å². The van der Waals surface area contributed by atoms with Gasteiger partial charge in [0.1, 0.15) is 5.54 Å². The number of hydrogen-bond acceptors (Lipinski definition) is 3. The number of aliphatic carboxylic acids is 1. The van der Waals surface area contributed by atoms with E-state index in [1.165, 1.54) is 0 Å². The van der Waals surface area contributed by atoms with Crippen molar-refractivity contribution in [3.63, 3.8) is 0 Å². The van der Waals surface area contributed by atoms with Gasteiger partial charge >= 0.3 is 5.97 Å². The van der Waals surface area contributed by atoms with E-state index in [1.54, 1.807) is 13.8 Å². The van der Waals surface area contributed by atoms with Crippen LogP contribution < -0.4 is 0 Å². The van der Waals surface area contributed by atoms with Crippen molar-refractivity contribution in [3.8, 4) is 0 Å². The number of aromatic nitrogens is 1. The zero-order chi connectivity index (χ0) is 14.8. The molecule has 1 N–H and O–H groups in total. The summed E-state index contributed by atoms with van der Waals surface area (Å²) in [5.41, 5.74) is 0.158. The lowest BCUT2D eigenvalue weighted by atomic mass is 10.0. The van der Waals surface area contributed by atoms with Crippen LogP contribution in [0.4, 0.5) is 0 Å². The maximum Gasteiger partial charge on any atom is 0.323 e. The molecule has 2 aromatic rings. The minimum Gasteiger partial charge on any atom is -0.480 e. The molecule has 1 aromatic carbocycles. The molecule has 0 unspecified atom stereocenters. The Hall–Kier alpha value is -1.94. The lowest BCUT2D eigenvalue weighted by Gasteiger charge is -2.34. The number of carbonyl (C=O) groups is 1. The van der Waals surface area contributed by atoms with Crippen molar-refractivity contribution in [2.45, 2.75) is 32.9 Å². The predicted octanol–water partition coefficient (Wildman–Crippen LogP) is 2.92. The highest BCUT2D eigenvalue weighted by atomic mass is 16.4. The third-order valence-electron chi connectivity index (χ3n) is 3.81. The molecule has 0 aliphatic rings. The number of pyridine rings is 1. The van der Waals surface area contributed by atoms with Gasteiger partial charge in [0.25, 0.3) is 0 Å². The number of benzene rings is 1. The highest BCUT2D eigenvalue weighted by molar-refractivity contribution is 5.84. The smallest absolute Gasteiger partial charge is 0.323 e. The van der Waals surface area contributed by atoms with Crippen LogP contribution >= 0.6 is 0 Å². The quantitative estimate of drug-likeness (QED) is 0.909. The summed E-state index contributed by atoms with van der Waals surface area (Å²) in [5, 5.41) is 11.6. The van der Waals surface area contributed by atoms with Crippen LogP contribution in [0.1, 0.15) is 26.3 Å². The molecule has 4 heteroatoms. The molecule has 0 atom stereocenters. The van der Waals surface area contributed by atoms with E-state index >= 15 is 0 Å². The number of rotatable bonds is 5. The Morgan fingerprint density at radius 3 is 2.65 bits per heavy atom. The normalized spacial score (nSPS) is 12.0. The lowest BCUT2D eigenvalue weighted by Crippen LogP contribution is -2.49. The van der Waals surface area contributed by atoms with E-state index in [9.17, 15) is 9.90 Å². The van der Waals surface area contributed by atoms with Gasteiger partial charge in [0.2, 0.25) is 0 Å². The van der Waals surface area contributed by atoms with Gasteiger partial charge in [-0.05, 0) is 31.3 Å². The second-order valence-electron chi connectivity index (χ2n) is 5.40. The zero-order valence-electron chi connectivity index (χ0n) is 12.1. The van der Waals surface area contributed by atoms with Crippen LogP contribution in [0.5, 0.6) is 0 Å². The number of carboxylic acids is 1. The summed E-state index contributed by atoms with van der Waals surface area (Å²) in [6, 6.07) is 8.04. The Morgan fingerprint density at radius 2 is 2.00 bits per heavy atom. The molecule has 2 rings (SSSR count). The first-order chi connectivity index (χ1) is 9.46. The van der Waals surface area contributed by atoms with Crippen molar-refractivity contribution < 1.29 is 9.90 Å². The molecule has 0 fully saturated rings. The van der Waals surface area contributed by atoms with Crippen LogP contribution in [0.2, 0.25) is 0 Å². The average Bonchev–Trinajstić information content (AvgIpc) is 2.44. The fourth-order valence-electron chi connectivity index (χ4n) is 2.35. The van der Waals surface area contributed by atoms with Gasteiger partial charge in [-0.15, -0.1) is 0 Å². The van der Waals surface area contributed by atoms with E-state index in [1.807, 2.05) is 48.5 Å². The Labute approximate surface area is 119 Å². The van der Waals surface area contributed by atoms with E-state index in [2.05, 4.69) is 4.98 Å². The van der Waals surface area contributed by atoms with E-state index in [4.69, 9.17) is 0 Å². The summed E-state index contributed by atoms with van der Waals surface area (Å²) in [6.45, 7) is 6.69. The van der Waals surface area contributed by atoms with Gasteiger partial charge in [0.05, 0.1) is 0 Å². The molecule has 0 amide bonds. The Balaban J connectivity index is 2.38. The second kappa shape index (κ2) is 5.59. The Kier molecular flexibility index (Phi) is 4.04. The van der Waals surface area contributed by atoms with Crippen LogP contribution in [-0.2, 0) is 11.3 Å². The fraction of sp³-hybridized carbons (Fsp3) is 0.375. The number of hydrogen-bond donors (Lipinski definition) is 1. The molecule has 0 aliphatic carbocycles. The molecule has 1 heterocycles. The summed E-state index contributed by atoms with van der Waals surface area (Å²) < 4.78 is 0. The zero-order valence-corrected chi connectivity index (χ0v) is 12.1. The van der Waals surface area contributed by atoms with Crippen molar-refractivity contribution >= 4 is 16.7 Å². The molecule has 4 nitrogen and oxygen atoms in total. The van der Waals surface area contributed by atoms with Gasteiger partial charge < -0.3 is 5.11 Å². The van der Waals surface area contributed by atoms with Crippen LogP contribution in [-0.4, -0.2) is 33.0 Å². The SMILES string of the molecule is CCN(Cc1cncc2ccccc12)C(C)(C)C(=O)O. The molecule has 0 saturated heterocycles. The van der Waals surface area contributed by atoms with Crippen LogP contribution in [0.3, 0.4) is 0 Å². The minimum atomic E-state index is -0.897. The Morgan fingerprint density at radius 1 is 1.30 bits per heavy atom. The first-order valence-corrected chi connectivity index (χ1v) is 6.77. The monoisotopic (exact) mass is 272 g/mol. The molecule has 0 spiro atoms. The third-order valence-corrected chi connectivity index (χ3v) is 3.81. The van der Waals surface area contributed by atoms with E-state index in [-0.39, 0.29) is 0 Å². The summed E-state index contributed by atoms with van der Waals surface area (Å²) in [7, 11) is 0. The Bertz CT molecular complexity index is 617. The highest BCUT2D eigenvalue weighted by Crippen LogP contribution is 2.22. The average molecular weight is 272 g/mol. The minimum absolute atomic E-state index is 0.574. The van der Waals surface area contributed by atoms with Crippen molar-refractivity contribution in [1.29, 1.82) is 0 Å². The van der Waals surface area contributed by atoms with E-state index in [0.29, 0.717) is 13.1 Å². The van der Waals surface area contributed by atoms with Crippen LogP contribution in [0.15, 0.2) is 36.7 Å². The van der Waals surface area contributed by atoms with Crippen molar-refractivity contribution in [2.75, 3.05) is 6.54 Å². The second-order valence-corrected chi connectivity index (χ2v) is 5.40. The molecule has 0 aliphatic heterocycles. The number of carboxylic acid groups (broad SMARTS) is 1. The summed E-state index contributed by atoms with van der Waals surface area (Å²) >= 11 is 0. The van der Waals surface area contributed by atoms with Gasteiger partial charge in [0.15, 0.2) is 0 Å². The molecular weight excluding hydrogens is 252 g/mol. The number of nitrogens with zero attached hydrogens (tertiary/aromatic N) is 2. The molecule has 20 heavy (non-hydrogen) atoms. The van der Waals surface area contributed by atoms with Crippen LogP contribution in [0.25, 0.3) is 10.8 Å². The molecule has 0 bridgehead atoms. The standard InChI is InChI=1S/C16H20N2O2/c1-4-18(16(2,3)15(19)20)11-13-10-17-9-12-7-5-6-8-14(12)13/h5-10H,4,11H2,1-3H3,(H,19,20). The molecular formula is C16H20N2O2.